The molecule has 1 atom stereocenters. The predicted octanol–water partition coefficient (Wildman–Crippen LogP) is 2.00. The number of carbonyl (C=O) groups is 1. The van der Waals surface area contributed by atoms with Gasteiger partial charge < -0.3 is 10.1 Å². The largest absolute Gasteiger partial charge is 0.449 e. The number of nitrogens with zero attached hydrogens (tertiary/aromatic N) is 2. The summed E-state index contributed by atoms with van der Waals surface area (Å²) in [6.45, 7) is 4.04. The van der Waals surface area contributed by atoms with Gasteiger partial charge in [-0.25, -0.2) is 4.79 Å². The zero-order chi connectivity index (χ0) is 12.3. The lowest BCUT2D eigenvalue weighted by atomic mass is 10.3. The molecule has 1 aromatic rings. The second kappa shape index (κ2) is 4.86. The highest BCUT2D eigenvalue weighted by Gasteiger charge is 2.30. The van der Waals surface area contributed by atoms with Crippen LogP contribution in [0.3, 0.4) is 0 Å². The quantitative estimate of drug-likeness (QED) is 0.848. The number of allylic oxidation sites excluding steroid dienone is 1. The third kappa shape index (κ3) is 2.38. The average molecular weight is 233 g/mol. The van der Waals surface area contributed by atoms with Gasteiger partial charge in [-0.15, -0.1) is 0 Å². The van der Waals surface area contributed by atoms with Gasteiger partial charge in [0.15, 0.2) is 6.17 Å². The zero-order valence-corrected chi connectivity index (χ0v) is 9.88. The molecule has 1 amide bonds. The summed E-state index contributed by atoms with van der Waals surface area (Å²) in [5.41, 5.74) is 1.70. The molecular formula is C12H15N3O2. The van der Waals surface area contributed by atoms with Gasteiger partial charge in [0.1, 0.15) is 0 Å². The number of amides is 1. The monoisotopic (exact) mass is 233 g/mol. The fraction of sp³-hybridized carbons (Fsp3) is 0.333. The van der Waals surface area contributed by atoms with Crippen molar-refractivity contribution in [2.75, 3.05) is 6.61 Å². The molecule has 90 valence electrons. The van der Waals surface area contributed by atoms with Crippen molar-refractivity contribution in [1.29, 1.82) is 0 Å². The first-order valence-corrected chi connectivity index (χ1v) is 5.53. The fourth-order valence-electron chi connectivity index (χ4n) is 1.72. The zero-order valence-electron chi connectivity index (χ0n) is 9.88. The minimum Gasteiger partial charge on any atom is -0.449 e. The second-order valence-corrected chi connectivity index (χ2v) is 3.72. The summed E-state index contributed by atoms with van der Waals surface area (Å²) in [4.78, 5) is 17.5. The Morgan fingerprint density at radius 3 is 3.06 bits per heavy atom. The molecule has 0 spiro atoms. The summed E-state index contributed by atoms with van der Waals surface area (Å²) in [5, 5.41) is 3.18. The third-order valence-corrected chi connectivity index (χ3v) is 2.42. The summed E-state index contributed by atoms with van der Waals surface area (Å²) in [7, 11) is 0. The normalized spacial score (nSPS) is 18.6. The van der Waals surface area contributed by atoms with E-state index in [-0.39, 0.29) is 12.3 Å². The molecule has 1 aromatic heterocycles. The summed E-state index contributed by atoms with van der Waals surface area (Å²) >= 11 is 0. The summed E-state index contributed by atoms with van der Waals surface area (Å²) in [6, 6.07) is 5.60. The molecule has 0 saturated carbocycles. The van der Waals surface area contributed by atoms with Gasteiger partial charge in [0.2, 0.25) is 0 Å². The van der Waals surface area contributed by atoms with Gasteiger partial charge in [-0.3, -0.25) is 9.88 Å². The highest BCUT2D eigenvalue weighted by atomic mass is 16.6. The van der Waals surface area contributed by atoms with Crippen LogP contribution in [0, 0.1) is 0 Å². The maximum Gasteiger partial charge on any atom is 0.415 e. The van der Waals surface area contributed by atoms with Crippen molar-refractivity contribution in [3.05, 3.63) is 42.0 Å². The van der Waals surface area contributed by atoms with Crippen molar-refractivity contribution in [3.63, 3.8) is 0 Å². The number of hydrogen-bond donors (Lipinski definition) is 1. The molecule has 5 heteroatoms. The Morgan fingerprint density at radius 1 is 1.59 bits per heavy atom. The Bertz CT molecular complexity index is 431. The van der Waals surface area contributed by atoms with E-state index in [0.29, 0.717) is 6.61 Å². The van der Waals surface area contributed by atoms with Gasteiger partial charge in [-0.2, -0.15) is 0 Å². The van der Waals surface area contributed by atoms with Crippen LogP contribution in [-0.2, 0) is 4.74 Å². The van der Waals surface area contributed by atoms with Crippen LogP contribution in [0.1, 0.15) is 25.7 Å². The summed E-state index contributed by atoms with van der Waals surface area (Å²) in [6.07, 6.45) is 2.79. The first-order chi connectivity index (χ1) is 8.22. The van der Waals surface area contributed by atoms with E-state index in [4.69, 9.17) is 4.74 Å². The highest BCUT2D eigenvalue weighted by Crippen LogP contribution is 2.24. The lowest BCUT2D eigenvalue weighted by molar-refractivity contribution is 0.110. The Kier molecular flexibility index (Phi) is 3.27. The predicted molar refractivity (Wildman–Crippen MR) is 62.7 cm³/mol. The average Bonchev–Trinajstić information content (AvgIpc) is 2.73. The van der Waals surface area contributed by atoms with E-state index in [9.17, 15) is 4.79 Å². The molecule has 0 bridgehead atoms. The number of hydrogen-bond acceptors (Lipinski definition) is 4. The number of aromatic nitrogens is 1. The molecule has 1 aliphatic heterocycles. The van der Waals surface area contributed by atoms with Crippen molar-refractivity contribution in [2.24, 2.45) is 0 Å². The molecule has 0 fully saturated rings. The molecule has 5 nitrogen and oxygen atoms in total. The summed E-state index contributed by atoms with van der Waals surface area (Å²) < 4.78 is 5.00. The van der Waals surface area contributed by atoms with Crippen LogP contribution < -0.4 is 5.32 Å². The van der Waals surface area contributed by atoms with Crippen molar-refractivity contribution < 1.29 is 9.53 Å². The third-order valence-electron chi connectivity index (χ3n) is 2.42. The van der Waals surface area contributed by atoms with Crippen LogP contribution in [0.15, 0.2) is 36.3 Å². The maximum atomic E-state index is 11.8. The van der Waals surface area contributed by atoms with Crippen molar-refractivity contribution in [2.45, 2.75) is 20.0 Å². The molecule has 17 heavy (non-hydrogen) atoms. The lowest BCUT2D eigenvalue weighted by Gasteiger charge is -2.22. The Labute approximate surface area is 100 Å². The molecule has 0 radical (unpaired) electrons. The lowest BCUT2D eigenvalue weighted by Crippen LogP contribution is -2.33. The van der Waals surface area contributed by atoms with E-state index in [0.717, 1.165) is 11.4 Å². The molecule has 0 aliphatic carbocycles. The van der Waals surface area contributed by atoms with E-state index in [1.165, 1.54) is 4.90 Å². The number of rotatable bonds is 2. The second-order valence-electron chi connectivity index (χ2n) is 3.72. The van der Waals surface area contributed by atoms with Gasteiger partial charge in [-0.05, 0) is 26.0 Å². The number of pyridine rings is 1. The minimum atomic E-state index is -0.368. The van der Waals surface area contributed by atoms with E-state index in [2.05, 4.69) is 10.3 Å². The van der Waals surface area contributed by atoms with Crippen molar-refractivity contribution in [3.8, 4) is 0 Å². The van der Waals surface area contributed by atoms with Crippen LogP contribution >= 0.6 is 0 Å². The first-order valence-electron chi connectivity index (χ1n) is 5.53. The van der Waals surface area contributed by atoms with Crippen molar-refractivity contribution >= 4 is 6.09 Å². The van der Waals surface area contributed by atoms with Gasteiger partial charge in [0, 0.05) is 18.1 Å². The fourth-order valence-corrected chi connectivity index (χ4v) is 1.72. The van der Waals surface area contributed by atoms with E-state index < -0.39 is 0 Å². The van der Waals surface area contributed by atoms with Gasteiger partial charge in [0.05, 0.1) is 12.3 Å². The standard InChI is InChI=1S/C12H15N3O2/c1-3-17-12(16)15-8-9(2)14-11(15)10-6-4-5-7-13-10/h4-8,11,14H,3H2,1-2H3. The smallest absolute Gasteiger partial charge is 0.415 e. The molecule has 2 heterocycles. The van der Waals surface area contributed by atoms with E-state index in [1.807, 2.05) is 25.1 Å². The van der Waals surface area contributed by atoms with Crippen LogP contribution in [-0.4, -0.2) is 22.6 Å². The minimum absolute atomic E-state index is 0.282. The summed E-state index contributed by atoms with van der Waals surface area (Å²) in [5.74, 6) is 0. The van der Waals surface area contributed by atoms with Crippen LogP contribution in [0.2, 0.25) is 0 Å². The van der Waals surface area contributed by atoms with Gasteiger partial charge in [-0.1, -0.05) is 6.07 Å². The Hall–Kier alpha value is -2.04. The Morgan fingerprint density at radius 2 is 2.41 bits per heavy atom. The highest BCUT2D eigenvalue weighted by molar-refractivity contribution is 5.70. The Balaban J connectivity index is 2.21. The molecule has 2 rings (SSSR count). The van der Waals surface area contributed by atoms with Crippen LogP contribution in [0.5, 0.6) is 0 Å². The maximum absolute atomic E-state index is 11.8. The van der Waals surface area contributed by atoms with Crippen LogP contribution in [0.4, 0.5) is 4.79 Å². The van der Waals surface area contributed by atoms with Crippen molar-refractivity contribution in [1.82, 2.24) is 15.2 Å². The topological polar surface area (TPSA) is 54.5 Å². The molecular weight excluding hydrogens is 218 g/mol. The molecule has 1 N–H and O–H groups in total. The molecule has 0 aromatic carbocycles. The van der Waals surface area contributed by atoms with Gasteiger partial charge in [0.25, 0.3) is 0 Å². The SMILES string of the molecule is CCOC(=O)N1C=C(C)NC1c1ccccn1. The number of nitrogens with one attached hydrogen (secondary N) is 1. The van der Waals surface area contributed by atoms with Gasteiger partial charge >= 0.3 is 6.09 Å². The van der Waals surface area contributed by atoms with Crippen LogP contribution in [0.25, 0.3) is 0 Å². The van der Waals surface area contributed by atoms with E-state index in [1.54, 1.807) is 19.3 Å². The first kappa shape index (κ1) is 11.4. The molecule has 1 aliphatic rings. The number of carbonyl (C=O) groups excluding carboxylic acids is 1. The van der Waals surface area contributed by atoms with E-state index >= 15 is 0 Å². The number of ether oxygens (including phenoxy) is 1. The molecule has 0 saturated heterocycles. The molecule has 1 unspecified atom stereocenters.